The number of carboxylic acids is 1. The summed E-state index contributed by atoms with van der Waals surface area (Å²) >= 11 is 0. The summed E-state index contributed by atoms with van der Waals surface area (Å²) in [5, 5.41) is 8.86. The fraction of sp³-hybridized carbons (Fsp3) is 0.918. The number of carboxylic acid groups (broad SMARTS) is 1. The van der Waals surface area contributed by atoms with Gasteiger partial charge in [-0.05, 0) is 64.2 Å². The lowest BCUT2D eigenvalue weighted by Crippen LogP contribution is -2.18. The fourth-order valence-electron chi connectivity index (χ4n) is 7.65. The quantitative estimate of drug-likeness (QED) is 0.0383. The van der Waals surface area contributed by atoms with Crippen LogP contribution in [0.25, 0.3) is 0 Å². The van der Waals surface area contributed by atoms with Crippen molar-refractivity contribution in [3.05, 3.63) is 12.2 Å². The molecule has 4 heteroatoms. The molecule has 0 spiro atoms. The zero-order chi connectivity index (χ0) is 38.6. The van der Waals surface area contributed by atoms with E-state index in [4.69, 9.17) is 9.84 Å². The third-order valence-electron chi connectivity index (χ3n) is 11.2. The molecule has 0 fully saturated rings. The second-order valence-corrected chi connectivity index (χ2v) is 16.7. The van der Waals surface area contributed by atoms with Crippen molar-refractivity contribution < 1.29 is 19.4 Å². The zero-order valence-electron chi connectivity index (χ0n) is 36.1. The van der Waals surface area contributed by atoms with Gasteiger partial charge in [0.15, 0.2) is 0 Å². The Kier molecular flexibility index (Phi) is 43.9. The van der Waals surface area contributed by atoms with Gasteiger partial charge in [-0.25, -0.2) is 0 Å². The molecule has 1 atom stereocenters. The molecular formula is C49H94O4. The van der Waals surface area contributed by atoms with Crippen LogP contribution in [0.5, 0.6) is 0 Å². The van der Waals surface area contributed by atoms with Crippen LogP contribution in [0.1, 0.15) is 284 Å². The number of hydrogen-bond acceptors (Lipinski definition) is 3. The molecule has 0 bridgehead atoms. The average molecular weight is 747 g/mol. The Balaban J connectivity index is 3.93. The summed E-state index contributed by atoms with van der Waals surface area (Å²) in [4.78, 5) is 23.5. The standard InChI is InChI=1S/C49H94O4/c1-3-5-7-9-11-13-15-17-19-21-22-23-25-27-29-31-33-38-42-46-49(52)53-47(44-40-36-34-37-41-45-48(50)51)43-39-35-32-30-28-26-24-20-18-16-14-12-10-8-6-4-2/h17,19,47H,3-16,18,20-46H2,1-2H3,(H,50,51)/b19-17-. The van der Waals surface area contributed by atoms with Gasteiger partial charge < -0.3 is 9.84 Å². The predicted molar refractivity (Wildman–Crippen MR) is 232 cm³/mol. The smallest absolute Gasteiger partial charge is 0.306 e. The van der Waals surface area contributed by atoms with Crippen molar-refractivity contribution in [1.29, 1.82) is 0 Å². The number of esters is 1. The van der Waals surface area contributed by atoms with E-state index in [9.17, 15) is 9.59 Å². The van der Waals surface area contributed by atoms with Crippen LogP contribution in [-0.2, 0) is 14.3 Å². The molecule has 0 radical (unpaired) electrons. The van der Waals surface area contributed by atoms with Crippen LogP contribution in [0.4, 0.5) is 0 Å². The topological polar surface area (TPSA) is 63.6 Å². The molecule has 0 aromatic rings. The minimum Gasteiger partial charge on any atom is -0.481 e. The number of allylic oxidation sites excluding steroid dienone is 2. The van der Waals surface area contributed by atoms with Crippen molar-refractivity contribution in [2.45, 2.75) is 290 Å². The summed E-state index contributed by atoms with van der Waals surface area (Å²) in [6.45, 7) is 4.57. The summed E-state index contributed by atoms with van der Waals surface area (Å²) in [5.74, 6) is -0.687. The average Bonchev–Trinajstić information content (AvgIpc) is 3.14. The van der Waals surface area contributed by atoms with Gasteiger partial charge in [-0.1, -0.05) is 219 Å². The summed E-state index contributed by atoms with van der Waals surface area (Å²) in [7, 11) is 0. The number of unbranched alkanes of at least 4 members (excludes halogenated alkanes) is 34. The Hall–Kier alpha value is -1.32. The maximum absolute atomic E-state index is 12.8. The highest BCUT2D eigenvalue weighted by molar-refractivity contribution is 5.69. The number of carbonyl (C=O) groups is 2. The van der Waals surface area contributed by atoms with E-state index in [2.05, 4.69) is 26.0 Å². The first kappa shape index (κ1) is 51.7. The van der Waals surface area contributed by atoms with Crippen LogP contribution < -0.4 is 0 Å². The number of aliphatic carboxylic acids is 1. The Bertz CT molecular complexity index is 762. The van der Waals surface area contributed by atoms with Crippen LogP contribution in [0.3, 0.4) is 0 Å². The highest BCUT2D eigenvalue weighted by Gasteiger charge is 2.14. The number of hydrogen-bond donors (Lipinski definition) is 1. The summed E-state index contributed by atoms with van der Waals surface area (Å²) in [6.07, 6.45) is 56.8. The van der Waals surface area contributed by atoms with Crippen LogP contribution >= 0.6 is 0 Å². The lowest BCUT2D eigenvalue weighted by Gasteiger charge is -2.18. The van der Waals surface area contributed by atoms with Crippen LogP contribution in [-0.4, -0.2) is 23.1 Å². The van der Waals surface area contributed by atoms with Crippen LogP contribution in [0.15, 0.2) is 12.2 Å². The predicted octanol–water partition coefficient (Wildman–Crippen LogP) is 17.0. The first-order chi connectivity index (χ1) is 26.1. The largest absolute Gasteiger partial charge is 0.481 e. The molecule has 0 aliphatic heterocycles. The molecule has 0 aromatic heterocycles. The van der Waals surface area contributed by atoms with Gasteiger partial charge in [-0.15, -0.1) is 0 Å². The van der Waals surface area contributed by atoms with Gasteiger partial charge in [0.05, 0.1) is 0 Å². The van der Waals surface area contributed by atoms with Gasteiger partial charge in [0.25, 0.3) is 0 Å². The maximum atomic E-state index is 12.8. The molecule has 0 aliphatic carbocycles. The maximum Gasteiger partial charge on any atom is 0.306 e. The lowest BCUT2D eigenvalue weighted by atomic mass is 10.0. The van der Waals surface area contributed by atoms with Gasteiger partial charge in [-0.3, -0.25) is 9.59 Å². The van der Waals surface area contributed by atoms with E-state index in [1.165, 1.54) is 193 Å². The van der Waals surface area contributed by atoms with E-state index in [1.807, 2.05) is 0 Å². The molecule has 0 aliphatic rings. The molecule has 0 saturated heterocycles. The molecule has 1 unspecified atom stereocenters. The van der Waals surface area contributed by atoms with Crippen molar-refractivity contribution in [2.24, 2.45) is 0 Å². The van der Waals surface area contributed by atoms with Gasteiger partial charge in [0.1, 0.15) is 6.10 Å². The summed E-state index contributed by atoms with van der Waals surface area (Å²) in [6, 6.07) is 0. The molecule has 0 saturated carbocycles. The summed E-state index contributed by atoms with van der Waals surface area (Å²) in [5.41, 5.74) is 0. The minimum absolute atomic E-state index is 0.00831. The molecule has 0 aromatic carbocycles. The molecule has 53 heavy (non-hydrogen) atoms. The second kappa shape index (κ2) is 45.1. The van der Waals surface area contributed by atoms with Crippen molar-refractivity contribution in [2.75, 3.05) is 0 Å². The zero-order valence-corrected chi connectivity index (χ0v) is 36.1. The second-order valence-electron chi connectivity index (χ2n) is 16.7. The lowest BCUT2D eigenvalue weighted by molar-refractivity contribution is -0.150. The van der Waals surface area contributed by atoms with E-state index in [0.29, 0.717) is 6.42 Å². The number of carbonyl (C=O) groups excluding carboxylic acids is 1. The van der Waals surface area contributed by atoms with E-state index < -0.39 is 5.97 Å². The van der Waals surface area contributed by atoms with Gasteiger partial charge in [-0.2, -0.15) is 0 Å². The molecule has 4 nitrogen and oxygen atoms in total. The fourth-order valence-corrected chi connectivity index (χ4v) is 7.65. The van der Waals surface area contributed by atoms with Crippen LogP contribution in [0, 0.1) is 0 Å². The minimum atomic E-state index is -0.696. The van der Waals surface area contributed by atoms with Crippen molar-refractivity contribution in [3.8, 4) is 0 Å². The Morgan fingerprint density at radius 3 is 1.02 bits per heavy atom. The molecule has 0 heterocycles. The van der Waals surface area contributed by atoms with E-state index in [1.54, 1.807) is 0 Å². The Labute approximate surface area is 332 Å². The van der Waals surface area contributed by atoms with E-state index in [-0.39, 0.29) is 18.5 Å². The third-order valence-corrected chi connectivity index (χ3v) is 11.2. The van der Waals surface area contributed by atoms with Crippen molar-refractivity contribution in [1.82, 2.24) is 0 Å². The first-order valence-electron chi connectivity index (χ1n) is 24.2. The normalized spacial score (nSPS) is 12.2. The van der Waals surface area contributed by atoms with Crippen molar-refractivity contribution in [3.63, 3.8) is 0 Å². The number of ether oxygens (including phenoxy) is 1. The van der Waals surface area contributed by atoms with E-state index in [0.717, 1.165) is 64.2 Å². The molecule has 0 rings (SSSR count). The SMILES string of the molecule is CCCCCCCC/C=C\CCCCCCCCCCCC(=O)OC(CCCCCCCCCCCCCCCCCC)CCCCCCCC(=O)O. The monoisotopic (exact) mass is 747 g/mol. The molecule has 0 amide bonds. The third kappa shape index (κ3) is 45.0. The van der Waals surface area contributed by atoms with Crippen molar-refractivity contribution >= 4 is 11.9 Å². The van der Waals surface area contributed by atoms with Gasteiger partial charge in [0.2, 0.25) is 0 Å². The highest BCUT2D eigenvalue weighted by Crippen LogP contribution is 2.20. The van der Waals surface area contributed by atoms with Crippen LogP contribution in [0.2, 0.25) is 0 Å². The summed E-state index contributed by atoms with van der Waals surface area (Å²) < 4.78 is 6.05. The first-order valence-corrected chi connectivity index (χ1v) is 24.2. The highest BCUT2D eigenvalue weighted by atomic mass is 16.5. The van der Waals surface area contributed by atoms with Gasteiger partial charge >= 0.3 is 11.9 Å². The van der Waals surface area contributed by atoms with Gasteiger partial charge in [0, 0.05) is 12.8 Å². The molecular weight excluding hydrogens is 653 g/mol. The number of rotatable bonds is 45. The Morgan fingerprint density at radius 1 is 0.396 bits per heavy atom. The van der Waals surface area contributed by atoms with E-state index >= 15 is 0 Å². The Morgan fingerprint density at radius 2 is 0.679 bits per heavy atom. The molecule has 314 valence electrons. The molecule has 1 N–H and O–H groups in total.